The third-order valence-electron chi connectivity index (χ3n) is 6.61. The van der Waals surface area contributed by atoms with Crippen molar-refractivity contribution in [2.75, 3.05) is 43.1 Å². The molecule has 1 saturated heterocycles. The van der Waals surface area contributed by atoms with Gasteiger partial charge in [-0.15, -0.1) is 0 Å². The molecule has 0 saturated carbocycles. The molecule has 11 nitrogen and oxygen atoms in total. The summed E-state index contributed by atoms with van der Waals surface area (Å²) in [5.74, 6) is 0.524. The number of morpholine rings is 1. The van der Waals surface area contributed by atoms with Crippen molar-refractivity contribution in [2.24, 2.45) is 0 Å². The van der Waals surface area contributed by atoms with Crippen molar-refractivity contribution in [3.63, 3.8) is 0 Å². The molecule has 0 spiro atoms. The number of aromatic nitrogens is 5. The minimum atomic E-state index is -0.613. The van der Waals surface area contributed by atoms with Crippen LogP contribution in [0.2, 0.25) is 0 Å². The van der Waals surface area contributed by atoms with Crippen LogP contribution in [0.4, 0.5) is 22.1 Å². The number of ether oxygens (including phenoxy) is 2. The van der Waals surface area contributed by atoms with Crippen molar-refractivity contribution < 1.29 is 14.3 Å². The number of aromatic amines is 1. The number of H-pyrrole nitrogens is 1. The van der Waals surface area contributed by atoms with Crippen LogP contribution in [0.25, 0.3) is 22.2 Å². The third-order valence-corrected chi connectivity index (χ3v) is 7.30. The van der Waals surface area contributed by atoms with Crippen LogP contribution in [-0.2, 0) is 11.2 Å². The molecule has 1 fully saturated rings. The largest absolute Gasteiger partial charge is 0.413 e. The summed E-state index contributed by atoms with van der Waals surface area (Å²) in [5, 5.41) is 6.71. The summed E-state index contributed by atoms with van der Waals surface area (Å²) < 4.78 is 12.0. The van der Waals surface area contributed by atoms with E-state index in [4.69, 9.17) is 9.47 Å². The third kappa shape index (κ3) is 6.44. The van der Waals surface area contributed by atoms with E-state index in [0.717, 1.165) is 53.4 Å². The van der Waals surface area contributed by atoms with Crippen LogP contribution in [0.1, 0.15) is 5.69 Å². The average molecular weight is 615 g/mol. The lowest BCUT2D eigenvalue weighted by Crippen LogP contribution is -2.36. The van der Waals surface area contributed by atoms with Gasteiger partial charge in [0.25, 0.3) is 0 Å². The molecule has 12 heteroatoms. The van der Waals surface area contributed by atoms with Gasteiger partial charge in [-0.1, -0.05) is 34.1 Å². The fourth-order valence-electron chi connectivity index (χ4n) is 4.51. The summed E-state index contributed by atoms with van der Waals surface area (Å²) in [6.45, 7) is 3.60. The summed E-state index contributed by atoms with van der Waals surface area (Å²) >= 11 is 3.60. The summed E-state index contributed by atoms with van der Waals surface area (Å²) in [6, 6.07) is 17.6. The molecular formula is C29H27BrN8O3. The normalized spacial score (nSPS) is 13.2. The summed E-state index contributed by atoms with van der Waals surface area (Å²) in [5.41, 5.74) is 4.75. The molecule has 41 heavy (non-hydrogen) atoms. The smallest absolute Gasteiger partial charge is 0.391 e. The number of pyridine rings is 1. The second kappa shape index (κ2) is 12.3. The lowest BCUT2D eigenvalue weighted by Gasteiger charge is -2.28. The van der Waals surface area contributed by atoms with Crippen molar-refractivity contribution in [1.29, 1.82) is 0 Å². The molecule has 2 aromatic carbocycles. The number of amides is 1. The van der Waals surface area contributed by atoms with E-state index in [0.29, 0.717) is 35.5 Å². The van der Waals surface area contributed by atoms with E-state index in [1.54, 1.807) is 18.7 Å². The first-order valence-corrected chi connectivity index (χ1v) is 14.0. The van der Waals surface area contributed by atoms with Crippen molar-refractivity contribution >= 4 is 50.4 Å². The van der Waals surface area contributed by atoms with Crippen LogP contribution in [0, 0.1) is 0 Å². The first-order chi connectivity index (χ1) is 20.1. The van der Waals surface area contributed by atoms with E-state index in [2.05, 4.69) is 68.5 Å². The molecule has 3 N–H and O–H groups in total. The summed E-state index contributed by atoms with van der Waals surface area (Å²) in [7, 11) is 0. The molecule has 1 aliphatic rings. The van der Waals surface area contributed by atoms with E-state index in [-0.39, 0.29) is 5.88 Å². The highest BCUT2D eigenvalue weighted by Gasteiger charge is 2.18. The number of benzene rings is 2. The Morgan fingerprint density at radius 1 is 1.05 bits per heavy atom. The van der Waals surface area contributed by atoms with Gasteiger partial charge in [-0.25, -0.2) is 14.8 Å². The first kappa shape index (κ1) is 26.7. The molecule has 208 valence electrons. The zero-order chi connectivity index (χ0) is 28.0. The maximum Gasteiger partial charge on any atom is 0.413 e. The molecule has 1 amide bonds. The molecule has 0 radical (unpaired) electrons. The van der Waals surface area contributed by atoms with Gasteiger partial charge >= 0.3 is 6.09 Å². The Bertz CT molecular complexity index is 1640. The molecule has 1 aliphatic heterocycles. The Labute approximate surface area is 244 Å². The molecule has 0 atom stereocenters. The fourth-order valence-corrected chi connectivity index (χ4v) is 5.01. The quantitative estimate of drug-likeness (QED) is 0.219. The topological polar surface area (TPSA) is 130 Å². The fraction of sp³-hybridized carbons (Fsp3) is 0.207. The van der Waals surface area contributed by atoms with Crippen LogP contribution in [0.5, 0.6) is 5.88 Å². The number of hydrogen-bond donors (Lipinski definition) is 3. The number of carbonyl (C=O) groups is 1. The monoisotopic (exact) mass is 614 g/mol. The predicted molar refractivity (Wildman–Crippen MR) is 160 cm³/mol. The van der Waals surface area contributed by atoms with E-state index < -0.39 is 6.09 Å². The van der Waals surface area contributed by atoms with E-state index >= 15 is 0 Å². The van der Waals surface area contributed by atoms with Crippen molar-refractivity contribution in [3.8, 4) is 17.0 Å². The second-order valence-electron chi connectivity index (χ2n) is 9.34. The zero-order valence-electron chi connectivity index (χ0n) is 22.0. The standard InChI is InChI=1S/C29H27BrN8O3/c30-25-4-2-1-3-23(25)24-15-19-16-33-28(35-20-5-7-22(8-6-20)38-11-13-40-14-12-38)37-26(19)36-27(24)41-29(39)32-10-9-21-17-31-18-34-21/h1-8,15-18H,9-14H2,(H,31,34)(H,32,39)(H,33,35,36,37). The second-order valence-corrected chi connectivity index (χ2v) is 10.2. The van der Waals surface area contributed by atoms with Gasteiger partial charge in [0.1, 0.15) is 0 Å². The van der Waals surface area contributed by atoms with Gasteiger partial charge in [-0.3, -0.25) is 0 Å². The van der Waals surface area contributed by atoms with Gasteiger partial charge in [0.05, 0.1) is 19.5 Å². The van der Waals surface area contributed by atoms with Crippen LogP contribution in [0.15, 0.2) is 77.8 Å². The number of fused-ring (bicyclic) bond motifs is 1. The predicted octanol–water partition coefficient (Wildman–Crippen LogP) is 5.09. The van der Waals surface area contributed by atoms with Gasteiger partial charge in [0.15, 0.2) is 5.65 Å². The number of imidazole rings is 1. The Balaban J connectivity index is 1.24. The number of nitrogens with zero attached hydrogens (tertiary/aromatic N) is 5. The lowest BCUT2D eigenvalue weighted by atomic mass is 10.1. The lowest BCUT2D eigenvalue weighted by molar-refractivity contribution is 0.122. The highest BCUT2D eigenvalue weighted by molar-refractivity contribution is 9.10. The van der Waals surface area contributed by atoms with Crippen LogP contribution in [0.3, 0.4) is 0 Å². The molecule has 0 bridgehead atoms. The maximum atomic E-state index is 12.7. The highest BCUT2D eigenvalue weighted by atomic mass is 79.9. The molecule has 6 rings (SSSR count). The van der Waals surface area contributed by atoms with Crippen molar-refractivity contribution in [1.82, 2.24) is 30.2 Å². The molecule has 5 aromatic rings. The number of carbonyl (C=O) groups excluding carboxylic acids is 1. The maximum absolute atomic E-state index is 12.7. The average Bonchev–Trinajstić information content (AvgIpc) is 3.52. The van der Waals surface area contributed by atoms with Crippen molar-refractivity contribution in [3.05, 3.63) is 83.5 Å². The van der Waals surface area contributed by atoms with Gasteiger partial charge in [0, 0.05) is 76.5 Å². The van der Waals surface area contributed by atoms with E-state index in [1.165, 1.54) is 0 Å². The van der Waals surface area contributed by atoms with Gasteiger partial charge < -0.3 is 30.0 Å². The van der Waals surface area contributed by atoms with Gasteiger partial charge in [-0.05, 0) is 36.4 Å². The Morgan fingerprint density at radius 3 is 2.66 bits per heavy atom. The van der Waals surface area contributed by atoms with E-state index in [1.807, 2.05) is 42.5 Å². The van der Waals surface area contributed by atoms with E-state index in [9.17, 15) is 4.79 Å². The number of hydrogen-bond acceptors (Lipinski definition) is 9. The number of anilines is 3. The van der Waals surface area contributed by atoms with Gasteiger partial charge in [-0.2, -0.15) is 9.97 Å². The SMILES string of the molecule is O=C(NCCc1cnc[nH]1)Oc1nc2nc(Nc3ccc(N4CCOCC4)cc3)ncc2cc1-c1ccccc1Br. The minimum absolute atomic E-state index is 0.142. The number of nitrogens with one attached hydrogen (secondary N) is 3. The van der Waals surface area contributed by atoms with Crippen LogP contribution in [-0.4, -0.2) is 63.9 Å². The van der Waals surface area contributed by atoms with Crippen molar-refractivity contribution in [2.45, 2.75) is 6.42 Å². The summed E-state index contributed by atoms with van der Waals surface area (Å²) in [4.78, 5) is 35.8. The Morgan fingerprint density at radius 2 is 1.88 bits per heavy atom. The number of rotatable bonds is 8. The highest BCUT2D eigenvalue weighted by Crippen LogP contribution is 2.36. The molecular weight excluding hydrogens is 588 g/mol. The van der Waals surface area contributed by atoms with Crippen LogP contribution >= 0.6 is 15.9 Å². The molecule has 4 heterocycles. The molecule has 0 unspecified atom stereocenters. The Kier molecular flexibility index (Phi) is 8.01. The molecule has 0 aliphatic carbocycles. The molecule has 3 aromatic heterocycles. The summed E-state index contributed by atoms with van der Waals surface area (Å²) in [6.07, 6.45) is 4.99. The van der Waals surface area contributed by atoms with Gasteiger partial charge in [0.2, 0.25) is 11.8 Å². The van der Waals surface area contributed by atoms with Crippen LogP contribution < -0.4 is 20.3 Å². The Hall–Kier alpha value is -4.55. The zero-order valence-corrected chi connectivity index (χ0v) is 23.6. The number of halogens is 1. The minimum Gasteiger partial charge on any atom is -0.391 e. The first-order valence-electron chi connectivity index (χ1n) is 13.2.